The molecule has 1 nitrogen and oxygen atoms in total. The first kappa shape index (κ1) is 24.7. The monoisotopic (exact) mass is 481 g/mol. The first-order chi connectivity index (χ1) is 16.5. The molecule has 179 valence electrons. The van der Waals surface area contributed by atoms with Crippen molar-refractivity contribution in [2.75, 3.05) is 13.7 Å². The van der Waals surface area contributed by atoms with Crippen LogP contribution in [0.4, 0.5) is 13.2 Å². The molecule has 5 heteroatoms. The van der Waals surface area contributed by atoms with Crippen LogP contribution in [-0.2, 0) is 11.2 Å². The van der Waals surface area contributed by atoms with Gasteiger partial charge in [0.05, 0.1) is 0 Å². The Morgan fingerprint density at radius 2 is 1.44 bits per heavy atom. The van der Waals surface area contributed by atoms with Gasteiger partial charge in [0.25, 0.3) is 0 Å². The van der Waals surface area contributed by atoms with Crippen LogP contribution in [0, 0.1) is 23.4 Å². The number of rotatable bonds is 9. The van der Waals surface area contributed by atoms with Crippen molar-refractivity contribution in [2.24, 2.45) is 5.92 Å². The minimum Gasteiger partial charge on any atom is -0.385 e. The molecule has 3 aromatic rings. The topological polar surface area (TPSA) is 9.23 Å². The molecule has 1 aliphatic rings. The van der Waals surface area contributed by atoms with Gasteiger partial charge in [-0.1, -0.05) is 73.4 Å². The van der Waals surface area contributed by atoms with Crippen LogP contribution in [0.15, 0.2) is 60.7 Å². The van der Waals surface area contributed by atoms with Crippen LogP contribution in [0.1, 0.15) is 31.2 Å². The maximum atomic E-state index is 14.8. The third kappa shape index (κ3) is 6.39. The van der Waals surface area contributed by atoms with Gasteiger partial charge in [-0.3, -0.25) is 0 Å². The van der Waals surface area contributed by atoms with Crippen LogP contribution in [-0.4, -0.2) is 22.5 Å². The number of hydrogen-bond acceptors (Lipinski definition) is 1. The number of halogens is 3. The number of benzene rings is 3. The molecule has 0 aromatic heterocycles. The second kappa shape index (κ2) is 11.9. The largest absolute Gasteiger partial charge is 0.385 e. The first-order valence-corrected chi connectivity index (χ1v) is 14.3. The Morgan fingerprint density at radius 1 is 0.794 bits per heavy atom. The molecule has 0 saturated carbocycles. The summed E-state index contributed by atoms with van der Waals surface area (Å²) < 4.78 is 46.8. The van der Waals surface area contributed by atoms with Crippen LogP contribution < -0.4 is 0 Å². The van der Waals surface area contributed by atoms with E-state index in [1.54, 1.807) is 19.2 Å². The van der Waals surface area contributed by atoms with Crippen molar-refractivity contribution in [3.05, 3.63) is 83.7 Å². The van der Waals surface area contributed by atoms with Crippen molar-refractivity contribution >= 4 is 8.80 Å². The third-order valence-corrected chi connectivity index (χ3v) is 10.1. The fraction of sp³-hybridized carbons (Fsp3) is 0.379. The van der Waals surface area contributed by atoms with Gasteiger partial charge in [-0.25, -0.2) is 13.2 Å². The minimum absolute atomic E-state index is 0.150. The van der Waals surface area contributed by atoms with Gasteiger partial charge in [0.2, 0.25) is 0 Å². The molecule has 4 rings (SSSR count). The van der Waals surface area contributed by atoms with Crippen LogP contribution in [0.5, 0.6) is 0 Å². The summed E-state index contributed by atoms with van der Waals surface area (Å²) in [5.74, 6) is -1.39. The van der Waals surface area contributed by atoms with E-state index in [9.17, 15) is 13.2 Å². The van der Waals surface area contributed by atoms with E-state index in [-0.39, 0.29) is 14.6 Å². The number of aryl methyl sites for hydroxylation is 1. The van der Waals surface area contributed by atoms with E-state index >= 15 is 0 Å². The van der Waals surface area contributed by atoms with Crippen molar-refractivity contribution in [2.45, 2.75) is 50.2 Å². The maximum absolute atomic E-state index is 14.8. The van der Waals surface area contributed by atoms with Gasteiger partial charge in [-0.05, 0) is 65.6 Å². The second-order valence-electron chi connectivity index (χ2n) is 9.35. The zero-order valence-electron chi connectivity index (χ0n) is 19.8. The average Bonchev–Trinajstić information content (AvgIpc) is 2.86. The average molecular weight is 482 g/mol. The molecule has 1 saturated heterocycles. The lowest BCUT2D eigenvalue weighted by molar-refractivity contribution is 0.199. The van der Waals surface area contributed by atoms with Crippen LogP contribution in [0.2, 0.25) is 18.1 Å². The van der Waals surface area contributed by atoms with Crippen molar-refractivity contribution in [1.29, 1.82) is 0 Å². The Labute approximate surface area is 202 Å². The molecule has 3 aromatic carbocycles. The quantitative estimate of drug-likeness (QED) is 0.221. The summed E-state index contributed by atoms with van der Waals surface area (Å²) in [7, 11) is 1.63. The fourth-order valence-electron chi connectivity index (χ4n) is 4.92. The Bertz CT molecular complexity index is 1080. The smallest absolute Gasteiger partial charge is 0.159 e. The lowest BCUT2D eigenvalue weighted by Crippen LogP contribution is -2.22. The van der Waals surface area contributed by atoms with E-state index in [0.717, 1.165) is 36.6 Å². The Morgan fingerprint density at radius 3 is 2.09 bits per heavy atom. The lowest BCUT2D eigenvalue weighted by atomic mass is 9.93. The molecule has 1 aliphatic heterocycles. The zero-order chi connectivity index (χ0) is 23.9. The van der Waals surface area contributed by atoms with Gasteiger partial charge in [0.15, 0.2) is 11.6 Å². The SMILES string of the molecule is COCCC[Si]1CCC(CCc2ccc(-c3ccc(-c4ccc(F)c(F)c4)cc3F)cc2)CC1. The Kier molecular flexibility index (Phi) is 8.62. The van der Waals surface area contributed by atoms with E-state index in [1.807, 2.05) is 12.1 Å². The van der Waals surface area contributed by atoms with Gasteiger partial charge < -0.3 is 4.74 Å². The number of methoxy groups -OCH3 is 1. The van der Waals surface area contributed by atoms with Crippen molar-refractivity contribution in [3.8, 4) is 22.3 Å². The highest BCUT2D eigenvalue weighted by Crippen LogP contribution is 2.32. The molecule has 0 aliphatic carbocycles. The Balaban J connectivity index is 1.32. The molecule has 0 atom stereocenters. The summed E-state index contributed by atoms with van der Waals surface area (Å²) in [6, 6.07) is 20.9. The highest BCUT2D eigenvalue weighted by molar-refractivity contribution is 6.58. The van der Waals surface area contributed by atoms with Gasteiger partial charge in [0, 0.05) is 28.1 Å². The van der Waals surface area contributed by atoms with Crippen LogP contribution >= 0.6 is 0 Å². The summed E-state index contributed by atoms with van der Waals surface area (Å²) in [5.41, 5.74) is 3.59. The number of hydrogen-bond donors (Lipinski definition) is 0. The van der Waals surface area contributed by atoms with Gasteiger partial charge >= 0.3 is 0 Å². The molecule has 1 heterocycles. The van der Waals surface area contributed by atoms with Crippen molar-refractivity contribution in [3.63, 3.8) is 0 Å². The molecule has 0 N–H and O–H groups in total. The molecule has 1 fully saturated rings. The number of ether oxygens (including phenoxy) is 1. The fourth-order valence-corrected chi connectivity index (χ4v) is 7.94. The van der Waals surface area contributed by atoms with E-state index in [0.29, 0.717) is 16.7 Å². The molecule has 0 spiro atoms. The summed E-state index contributed by atoms with van der Waals surface area (Å²) in [6.45, 7) is 0.899. The predicted molar refractivity (Wildman–Crippen MR) is 135 cm³/mol. The van der Waals surface area contributed by atoms with E-state index in [1.165, 1.54) is 61.5 Å². The zero-order valence-corrected chi connectivity index (χ0v) is 20.8. The normalized spacial score (nSPS) is 15.1. The second-order valence-corrected chi connectivity index (χ2v) is 12.3. The van der Waals surface area contributed by atoms with Crippen molar-refractivity contribution in [1.82, 2.24) is 0 Å². The molecule has 0 bridgehead atoms. The molecule has 0 amide bonds. The molecular weight excluding hydrogens is 449 g/mol. The van der Waals surface area contributed by atoms with Gasteiger partial charge in [-0.2, -0.15) is 0 Å². The highest BCUT2D eigenvalue weighted by atomic mass is 28.3. The van der Waals surface area contributed by atoms with Gasteiger partial charge in [-0.15, -0.1) is 0 Å². The lowest BCUT2D eigenvalue weighted by Gasteiger charge is -2.27. The third-order valence-electron chi connectivity index (χ3n) is 7.02. The summed E-state index contributed by atoms with van der Waals surface area (Å²) in [4.78, 5) is 0. The first-order valence-electron chi connectivity index (χ1n) is 12.2. The standard InChI is InChI=1S/C29H32F3OSi/c1-33-15-2-16-34-17-13-22(14-18-34)4-3-21-5-7-23(8-6-21)26-11-9-24(19-28(26)31)25-10-12-27(30)29(32)20-25/h5-12,19-20,22H,2-4,13-18H2,1H3. The summed E-state index contributed by atoms with van der Waals surface area (Å²) >= 11 is 0. The highest BCUT2D eigenvalue weighted by Gasteiger charge is 2.22. The summed E-state index contributed by atoms with van der Waals surface area (Å²) in [6.07, 6.45) is 6.25. The maximum Gasteiger partial charge on any atom is 0.159 e. The molecular formula is C29H32F3OSi. The van der Waals surface area contributed by atoms with Crippen molar-refractivity contribution < 1.29 is 17.9 Å². The molecule has 34 heavy (non-hydrogen) atoms. The van der Waals surface area contributed by atoms with E-state index in [4.69, 9.17) is 4.74 Å². The molecule has 0 unspecified atom stereocenters. The minimum atomic E-state index is -0.936. The molecule has 1 radical (unpaired) electrons. The predicted octanol–water partition coefficient (Wildman–Crippen LogP) is 8.31. The Hall–Kier alpha value is -2.37. The van der Waals surface area contributed by atoms with Gasteiger partial charge in [0.1, 0.15) is 5.82 Å². The van der Waals surface area contributed by atoms with Crippen LogP contribution in [0.3, 0.4) is 0 Å². The van der Waals surface area contributed by atoms with E-state index < -0.39 is 11.6 Å². The summed E-state index contributed by atoms with van der Waals surface area (Å²) in [5, 5.41) is 0. The van der Waals surface area contributed by atoms with E-state index in [2.05, 4.69) is 12.1 Å². The van der Waals surface area contributed by atoms with Crippen LogP contribution in [0.25, 0.3) is 22.3 Å².